The topological polar surface area (TPSA) is 59.0 Å². The fourth-order valence-corrected chi connectivity index (χ4v) is 2.86. The van der Waals surface area contributed by atoms with Gasteiger partial charge >= 0.3 is 21.7 Å². The van der Waals surface area contributed by atoms with Crippen molar-refractivity contribution >= 4 is 33.0 Å². The van der Waals surface area contributed by atoms with Gasteiger partial charge in [-0.15, -0.1) is 6.42 Å². The molecule has 0 N–H and O–H groups in total. The Balaban J connectivity index is 3.47. The van der Waals surface area contributed by atoms with E-state index in [0.717, 1.165) is 25.1 Å². The monoisotopic (exact) mass is 436 g/mol. The number of terminal acetylenes is 1. The Morgan fingerprint density at radius 2 is 1.89 bits per heavy atom. The molecule has 13 heteroatoms. The van der Waals surface area contributed by atoms with E-state index in [1.165, 1.54) is 0 Å². The number of anilines is 1. The summed E-state index contributed by atoms with van der Waals surface area (Å²) in [4.78, 5) is 4.09. The van der Waals surface area contributed by atoms with Crippen LogP contribution in [0.25, 0.3) is 0 Å². The van der Waals surface area contributed by atoms with Crippen molar-refractivity contribution in [1.29, 1.82) is 0 Å². The predicted molar refractivity (Wildman–Crippen MR) is 86.8 cm³/mol. The van der Waals surface area contributed by atoms with Crippen LogP contribution < -0.4 is 4.31 Å². The molecule has 1 aromatic carbocycles. The summed E-state index contributed by atoms with van der Waals surface area (Å²) in [5.74, 6) is 1.78. The summed E-state index contributed by atoms with van der Waals surface area (Å²) in [5, 5.41) is 3.11. The second-order valence-corrected chi connectivity index (χ2v) is 7.18. The minimum Gasteiger partial charge on any atom is -0.386 e. The molecule has 0 saturated heterocycles. The van der Waals surface area contributed by atoms with E-state index in [1.807, 2.05) is 0 Å². The average Bonchev–Trinajstić information content (AvgIpc) is 2.50. The van der Waals surface area contributed by atoms with Crippen molar-refractivity contribution in [2.24, 2.45) is 5.16 Å². The number of halogens is 7. The summed E-state index contributed by atoms with van der Waals surface area (Å²) in [7, 11) is -5.89. The lowest BCUT2D eigenvalue weighted by Crippen LogP contribution is -2.41. The van der Waals surface area contributed by atoms with Crippen molar-refractivity contribution in [3.8, 4) is 12.3 Å². The standard InChI is InChI=1S/C14H11ClF6N2O3S/c1-3-6-23(27(24,25)14(19,20)21)12-5-4-10(15)7-11(12)9(2)22-26-8-13(16,17)18/h1,4-5,7H,6,8H2,2H3. The van der Waals surface area contributed by atoms with Gasteiger partial charge < -0.3 is 4.84 Å². The molecule has 27 heavy (non-hydrogen) atoms. The van der Waals surface area contributed by atoms with Gasteiger partial charge in [0.05, 0.1) is 17.9 Å². The lowest BCUT2D eigenvalue weighted by molar-refractivity contribution is -0.173. The molecular formula is C14H11ClF6N2O3S. The number of benzene rings is 1. The lowest BCUT2D eigenvalue weighted by atomic mass is 10.1. The largest absolute Gasteiger partial charge is 0.516 e. The number of hydrogen-bond acceptors (Lipinski definition) is 4. The Morgan fingerprint density at radius 1 is 1.30 bits per heavy atom. The van der Waals surface area contributed by atoms with E-state index < -0.39 is 40.5 Å². The van der Waals surface area contributed by atoms with Gasteiger partial charge in [-0.05, 0) is 25.1 Å². The number of rotatable bonds is 6. The van der Waals surface area contributed by atoms with Gasteiger partial charge in [-0.25, -0.2) is 0 Å². The molecule has 150 valence electrons. The van der Waals surface area contributed by atoms with Gasteiger partial charge in [0.1, 0.15) is 0 Å². The number of nitrogens with zero attached hydrogens (tertiary/aromatic N) is 2. The molecule has 0 radical (unpaired) electrons. The van der Waals surface area contributed by atoms with Gasteiger partial charge in [0.25, 0.3) is 0 Å². The van der Waals surface area contributed by atoms with Crippen molar-refractivity contribution in [3.05, 3.63) is 28.8 Å². The zero-order valence-corrected chi connectivity index (χ0v) is 15.0. The minimum absolute atomic E-state index is 0.0378. The third-order valence-electron chi connectivity index (χ3n) is 2.86. The van der Waals surface area contributed by atoms with Crippen LogP contribution in [0.3, 0.4) is 0 Å². The van der Waals surface area contributed by atoms with E-state index in [4.69, 9.17) is 18.0 Å². The predicted octanol–water partition coefficient (Wildman–Crippen LogP) is 3.93. The van der Waals surface area contributed by atoms with Crippen LogP contribution in [0.1, 0.15) is 12.5 Å². The Bertz CT molecular complexity index is 859. The highest BCUT2D eigenvalue weighted by Crippen LogP contribution is 2.34. The number of hydrogen-bond donors (Lipinski definition) is 0. The first-order valence-electron chi connectivity index (χ1n) is 6.76. The average molecular weight is 437 g/mol. The van der Waals surface area contributed by atoms with E-state index in [-0.39, 0.29) is 20.6 Å². The van der Waals surface area contributed by atoms with E-state index >= 15 is 0 Å². The number of alkyl halides is 6. The normalized spacial score (nSPS) is 13.2. The van der Waals surface area contributed by atoms with E-state index in [2.05, 4.69) is 9.99 Å². The van der Waals surface area contributed by atoms with Crippen LogP contribution in [0.4, 0.5) is 32.0 Å². The zero-order chi connectivity index (χ0) is 21.0. The summed E-state index contributed by atoms with van der Waals surface area (Å²) in [6.45, 7) is -1.65. The molecule has 0 fully saturated rings. The van der Waals surface area contributed by atoms with Gasteiger partial charge in [0, 0.05) is 10.6 Å². The van der Waals surface area contributed by atoms with Crippen LogP contribution in [-0.2, 0) is 14.9 Å². The Labute approximate surface area is 155 Å². The first-order chi connectivity index (χ1) is 12.2. The highest BCUT2D eigenvalue weighted by molar-refractivity contribution is 7.93. The van der Waals surface area contributed by atoms with Gasteiger partial charge in [-0.3, -0.25) is 4.31 Å². The SMILES string of the molecule is C#CCN(c1ccc(Cl)cc1C(C)=NOCC(F)(F)F)S(=O)(=O)C(F)(F)F. The molecule has 1 rings (SSSR count). The molecule has 0 atom stereocenters. The quantitative estimate of drug-likeness (QED) is 0.294. The van der Waals surface area contributed by atoms with Gasteiger partial charge in [0.15, 0.2) is 0 Å². The summed E-state index contributed by atoms with van der Waals surface area (Å²) in [6, 6.07) is 3.02. The van der Waals surface area contributed by atoms with Crippen molar-refractivity contribution in [2.45, 2.75) is 18.6 Å². The molecule has 0 bridgehead atoms. The molecule has 0 saturated carbocycles. The van der Waals surface area contributed by atoms with Gasteiger partial charge in [0.2, 0.25) is 6.61 Å². The molecule has 0 unspecified atom stereocenters. The van der Waals surface area contributed by atoms with Crippen molar-refractivity contribution < 1.29 is 39.6 Å². The molecule has 5 nitrogen and oxygen atoms in total. The second-order valence-electron chi connectivity index (χ2n) is 4.89. The van der Waals surface area contributed by atoms with Crippen LogP contribution in [0, 0.1) is 12.3 Å². The highest BCUT2D eigenvalue weighted by Gasteiger charge is 2.50. The Hall–Kier alpha value is -2.13. The molecule has 0 aliphatic rings. The maximum Gasteiger partial charge on any atom is 0.516 e. The van der Waals surface area contributed by atoms with Crippen molar-refractivity contribution in [1.82, 2.24) is 0 Å². The molecule has 0 amide bonds. The molecule has 0 heterocycles. The first kappa shape index (κ1) is 22.9. The Morgan fingerprint density at radius 3 is 2.37 bits per heavy atom. The molecule has 0 spiro atoms. The zero-order valence-electron chi connectivity index (χ0n) is 13.4. The number of oxime groups is 1. The maximum absolute atomic E-state index is 12.9. The van der Waals surface area contributed by atoms with E-state index in [1.54, 1.807) is 5.92 Å². The molecule has 1 aromatic rings. The smallest absolute Gasteiger partial charge is 0.386 e. The summed E-state index contributed by atoms with van der Waals surface area (Å²) >= 11 is 5.75. The van der Waals surface area contributed by atoms with Crippen molar-refractivity contribution in [2.75, 3.05) is 17.5 Å². The third kappa shape index (κ3) is 5.93. The fraction of sp³-hybridized carbons (Fsp3) is 0.357. The van der Waals surface area contributed by atoms with Crippen LogP contribution in [0.5, 0.6) is 0 Å². The molecule has 0 aliphatic heterocycles. The fourth-order valence-electron chi connectivity index (χ4n) is 1.77. The van der Waals surface area contributed by atoms with Crippen LogP contribution >= 0.6 is 11.6 Å². The van der Waals surface area contributed by atoms with Gasteiger partial charge in [-0.2, -0.15) is 34.8 Å². The van der Waals surface area contributed by atoms with Crippen LogP contribution in [0.15, 0.2) is 23.4 Å². The third-order valence-corrected chi connectivity index (χ3v) is 4.59. The second kappa shape index (κ2) is 8.26. The molecule has 0 aliphatic carbocycles. The van der Waals surface area contributed by atoms with E-state index in [0.29, 0.717) is 0 Å². The van der Waals surface area contributed by atoms with Crippen LogP contribution in [-0.4, -0.2) is 39.0 Å². The van der Waals surface area contributed by atoms with Gasteiger partial charge in [-0.1, -0.05) is 22.7 Å². The maximum atomic E-state index is 12.9. The minimum atomic E-state index is -5.89. The van der Waals surface area contributed by atoms with Crippen molar-refractivity contribution in [3.63, 3.8) is 0 Å². The summed E-state index contributed by atoms with van der Waals surface area (Å²) in [6.07, 6.45) is 0.263. The molecule has 0 aromatic heterocycles. The van der Waals surface area contributed by atoms with E-state index in [9.17, 15) is 34.8 Å². The summed E-state index contributed by atoms with van der Waals surface area (Å²) in [5.41, 5.74) is -6.91. The lowest BCUT2D eigenvalue weighted by Gasteiger charge is -2.25. The van der Waals surface area contributed by atoms with Crippen LogP contribution in [0.2, 0.25) is 5.02 Å². The highest BCUT2D eigenvalue weighted by atomic mass is 35.5. The summed E-state index contributed by atoms with van der Waals surface area (Å²) < 4.78 is 98.6. The number of sulfonamides is 1. The first-order valence-corrected chi connectivity index (χ1v) is 8.58. The molecular weight excluding hydrogens is 426 g/mol. The Kier molecular flexibility index (Phi) is 7.01.